The quantitative estimate of drug-likeness (QED) is 0.805. The molecule has 1 heterocycles. The summed E-state index contributed by atoms with van der Waals surface area (Å²) in [5.41, 5.74) is 2.63. The van der Waals surface area contributed by atoms with Gasteiger partial charge in [0.15, 0.2) is 0 Å². The van der Waals surface area contributed by atoms with E-state index in [0.29, 0.717) is 6.04 Å². The van der Waals surface area contributed by atoms with Crippen molar-refractivity contribution in [1.82, 2.24) is 5.32 Å². The van der Waals surface area contributed by atoms with Crippen molar-refractivity contribution in [3.8, 4) is 0 Å². The maximum atomic E-state index is 3.48. The minimum atomic E-state index is 0.537. The Morgan fingerprint density at radius 2 is 1.90 bits per heavy atom. The van der Waals surface area contributed by atoms with Crippen LogP contribution in [0.3, 0.4) is 0 Å². The van der Waals surface area contributed by atoms with Crippen LogP contribution in [0.4, 0.5) is 5.69 Å². The van der Waals surface area contributed by atoms with E-state index >= 15 is 0 Å². The molecule has 0 unspecified atom stereocenters. The van der Waals surface area contributed by atoms with E-state index in [1.54, 1.807) is 0 Å². The van der Waals surface area contributed by atoms with E-state index in [9.17, 15) is 0 Å². The van der Waals surface area contributed by atoms with Crippen molar-refractivity contribution in [3.63, 3.8) is 0 Å². The van der Waals surface area contributed by atoms with Gasteiger partial charge in [-0.2, -0.15) is 0 Å². The first-order valence-corrected chi connectivity index (χ1v) is 8.52. The van der Waals surface area contributed by atoms with Gasteiger partial charge in [-0.25, -0.2) is 0 Å². The number of nitrogens with one attached hydrogen (secondary N) is 1. The van der Waals surface area contributed by atoms with Crippen LogP contribution in [0.15, 0.2) is 36.4 Å². The van der Waals surface area contributed by atoms with Gasteiger partial charge in [0.05, 0.1) is 6.54 Å². The first-order chi connectivity index (χ1) is 10.1. The van der Waals surface area contributed by atoms with Gasteiger partial charge in [-0.15, -0.1) is 11.3 Å². The highest BCUT2D eigenvalue weighted by Crippen LogP contribution is 2.23. The predicted octanol–water partition coefficient (Wildman–Crippen LogP) is 4.58. The molecule has 1 aromatic carbocycles. The van der Waals surface area contributed by atoms with E-state index in [-0.39, 0.29) is 0 Å². The summed E-state index contributed by atoms with van der Waals surface area (Å²) in [4.78, 5) is 5.27. The van der Waals surface area contributed by atoms with Crippen molar-refractivity contribution in [2.45, 2.75) is 46.8 Å². The molecule has 1 aromatic heterocycles. The summed E-state index contributed by atoms with van der Waals surface area (Å²) >= 11 is 1.91. The van der Waals surface area contributed by atoms with Gasteiger partial charge in [-0.05, 0) is 43.7 Å². The lowest BCUT2D eigenvalue weighted by molar-refractivity contribution is 0.593. The summed E-state index contributed by atoms with van der Waals surface area (Å²) in [5.74, 6) is 0. The van der Waals surface area contributed by atoms with Crippen molar-refractivity contribution in [2.24, 2.45) is 0 Å². The Hall–Kier alpha value is -1.32. The zero-order chi connectivity index (χ0) is 15.2. The Morgan fingerprint density at radius 3 is 2.57 bits per heavy atom. The zero-order valence-corrected chi connectivity index (χ0v) is 14.3. The molecular formula is C18H26N2S. The number of hydrogen-bond donors (Lipinski definition) is 1. The fourth-order valence-corrected chi connectivity index (χ4v) is 3.29. The van der Waals surface area contributed by atoms with Crippen LogP contribution < -0.4 is 10.2 Å². The number of rotatable bonds is 7. The first kappa shape index (κ1) is 16.1. The summed E-state index contributed by atoms with van der Waals surface area (Å²) in [6.45, 7) is 11.7. The molecule has 2 nitrogen and oxygen atoms in total. The van der Waals surface area contributed by atoms with Crippen LogP contribution in [0.1, 0.15) is 36.1 Å². The number of hydrogen-bond acceptors (Lipinski definition) is 3. The third-order valence-electron chi connectivity index (χ3n) is 3.50. The van der Waals surface area contributed by atoms with E-state index in [4.69, 9.17) is 0 Å². The van der Waals surface area contributed by atoms with Gasteiger partial charge in [0.2, 0.25) is 0 Å². The van der Waals surface area contributed by atoms with Gasteiger partial charge in [0, 0.05) is 34.6 Å². The van der Waals surface area contributed by atoms with Crippen LogP contribution in [0, 0.1) is 6.92 Å². The normalized spacial score (nSPS) is 11.1. The van der Waals surface area contributed by atoms with Crippen molar-refractivity contribution >= 4 is 17.0 Å². The molecule has 0 spiro atoms. The maximum absolute atomic E-state index is 3.48. The number of benzene rings is 1. The van der Waals surface area contributed by atoms with Crippen LogP contribution in [0.5, 0.6) is 0 Å². The van der Waals surface area contributed by atoms with Crippen LogP contribution in [0.2, 0.25) is 0 Å². The second-order valence-corrected chi connectivity index (χ2v) is 7.01. The summed E-state index contributed by atoms with van der Waals surface area (Å²) in [6.07, 6.45) is 0. The molecule has 1 N–H and O–H groups in total. The molecule has 114 valence electrons. The Balaban J connectivity index is 2.02. The summed E-state index contributed by atoms with van der Waals surface area (Å²) in [5, 5.41) is 3.48. The van der Waals surface area contributed by atoms with Crippen LogP contribution in [0.25, 0.3) is 0 Å². The fourth-order valence-electron chi connectivity index (χ4n) is 2.31. The van der Waals surface area contributed by atoms with Gasteiger partial charge in [-0.1, -0.05) is 26.0 Å². The van der Waals surface area contributed by atoms with Gasteiger partial charge < -0.3 is 10.2 Å². The number of aryl methyl sites for hydroxylation is 1. The maximum Gasteiger partial charge on any atom is 0.0522 e. The Kier molecular flexibility index (Phi) is 5.83. The monoisotopic (exact) mass is 302 g/mol. The average Bonchev–Trinajstić information content (AvgIpc) is 2.90. The van der Waals surface area contributed by atoms with E-state index in [2.05, 4.69) is 74.3 Å². The number of thiophene rings is 1. The molecule has 0 aliphatic rings. The van der Waals surface area contributed by atoms with Gasteiger partial charge in [-0.3, -0.25) is 0 Å². The smallest absolute Gasteiger partial charge is 0.0522 e. The molecule has 0 amide bonds. The fraction of sp³-hybridized carbons (Fsp3) is 0.444. The highest BCUT2D eigenvalue weighted by molar-refractivity contribution is 7.12. The standard InChI is InChI=1S/C18H26N2S/c1-5-20(16-8-6-7-15(4)11-16)13-18-10-9-17(21-18)12-19-14(2)3/h6-11,14,19H,5,12-13H2,1-4H3. The topological polar surface area (TPSA) is 15.3 Å². The first-order valence-electron chi connectivity index (χ1n) is 7.71. The van der Waals surface area contributed by atoms with Crippen LogP contribution in [-0.2, 0) is 13.1 Å². The summed E-state index contributed by atoms with van der Waals surface area (Å²) < 4.78 is 0. The molecule has 2 rings (SSSR count). The lowest BCUT2D eigenvalue weighted by atomic mass is 10.2. The molecule has 0 atom stereocenters. The largest absolute Gasteiger partial charge is 0.367 e. The van der Waals surface area contributed by atoms with E-state index in [0.717, 1.165) is 19.6 Å². The Morgan fingerprint density at radius 1 is 1.14 bits per heavy atom. The second-order valence-electron chi connectivity index (χ2n) is 5.76. The van der Waals surface area contributed by atoms with E-state index in [1.165, 1.54) is 21.0 Å². The molecule has 0 fully saturated rings. The molecule has 2 aromatic rings. The van der Waals surface area contributed by atoms with Crippen molar-refractivity contribution < 1.29 is 0 Å². The van der Waals surface area contributed by atoms with Gasteiger partial charge in [0.1, 0.15) is 0 Å². The molecule has 0 bridgehead atoms. The molecule has 0 aliphatic heterocycles. The molecule has 0 radical (unpaired) electrons. The Labute approximate surface area is 132 Å². The van der Waals surface area contributed by atoms with E-state index < -0.39 is 0 Å². The van der Waals surface area contributed by atoms with Gasteiger partial charge >= 0.3 is 0 Å². The van der Waals surface area contributed by atoms with Crippen LogP contribution >= 0.6 is 11.3 Å². The highest BCUT2D eigenvalue weighted by atomic mass is 32.1. The van der Waals surface area contributed by atoms with Crippen molar-refractivity contribution in [2.75, 3.05) is 11.4 Å². The number of anilines is 1. The van der Waals surface area contributed by atoms with Crippen LogP contribution in [-0.4, -0.2) is 12.6 Å². The zero-order valence-electron chi connectivity index (χ0n) is 13.5. The Bertz CT molecular complexity index is 560. The molecular weight excluding hydrogens is 276 g/mol. The molecule has 3 heteroatoms. The SMILES string of the molecule is CCN(Cc1ccc(CNC(C)C)s1)c1cccc(C)c1. The van der Waals surface area contributed by atoms with Crippen molar-refractivity contribution in [3.05, 3.63) is 51.7 Å². The molecule has 0 saturated carbocycles. The lowest BCUT2D eigenvalue weighted by Gasteiger charge is -2.22. The highest BCUT2D eigenvalue weighted by Gasteiger charge is 2.08. The third-order valence-corrected chi connectivity index (χ3v) is 4.57. The van der Waals surface area contributed by atoms with Gasteiger partial charge in [0.25, 0.3) is 0 Å². The van der Waals surface area contributed by atoms with E-state index in [1.807, 2.05) is 11.3 Å². The molecule has 21 heavy (non-hydrogen) atoms. The summed E-state index contributed by atoms with van der Waals surface area (Å²) in [6, 6.07) is 13.8. The molecule has 0 aliphatic carbocycles. The number of nitrogens with zero attached hydrogens (tertiary/aromatic N) is 1. The minimum Gasteiger partial charge on any atom is -0.367 e. The minimum absolute atomic E-state index is 0.537. The average molecular weight is 302 g/mol. The molecule has 0 saturated heterocycles. The van der Waals surface area contributed by atoms with Crippen molar-refractivity contribution in [1.29, 1.82) is 0 Å². The second kappa shape index (κ2) is 7.62. The third kappa shape index (κ3) is 4.87. The predicted molar refractivity (Wildman–Crippen MR) is 94.2 cm³/mol. The summed E-state index contributed by atoms with van der Waals surface area (Å²) in [7, 11) is 0. The lowest BCUT2D eigenvalue weighted by Crippen LogP contribution is -2.21.